The Morgan fingerprint density at radius 2 is 2.30 bits per heavy atom. The molecular formula is C14H20N4O2. The molecule has 1 aromatic rings. The third-order valence-corrected chi connectivity index (χ3v) is 3.77. The molecule has 6 nitrogen and oxygen atoms in total. The summed E-state index contributed by atoms with van der Waals surface area (Å²) in [7, 11) is 0. The third-order valence-electron chi connectivity index (χ3n) is 3.77. The Labute approximate surface area is 118 Å². The largest absolute Gasteiger partial charge is 0.376 e. The van der Waals surface area contributed by atoms with E-state index in [4.69, 9.17) is 4.74 Å². The van der Waals surface area contributed by atoms with Crippen LogP contribution in [0.15, 0.2) is 0 Å². The van der Waals surface area contributed by atoms with Crippen LogP contribution in [0.4, 0.5) is 5.82 Å². The highest BCUT2D eigenvalue weighted by atomic mass is 16.5. The van der Waals surface area contributed by atoms with Crippen LogP contribution in [0.25, 0.3) is 0 Å². The molecule has 0 spiro atoms. The Balaban J connectivity index is 1.76. The average molecular weight is 276 g/mol. The summed E-state index contributed by atoms with van der Waals surface area (Å²) in [5.41, 5.74) is 1.44. The van der Waals surface area contributed by atoms with Crippen LogP contribution in [0.5, 0.6) is 0 Å². The molecule has 0 saturated carbocycles. The van der Waals surface area contributed by atoms with E-state index in [2.05, 4.69) is 20.6 Å². The number of fused-ring (bicyclic) bond motifs is 1. The van der Waals surface area contributed by atoms with Gasteiger partial charge in [-0.05, 0) is 32.6 Å². The second-order valence-electron chi connectivity index (χ2n) is 5.32. The predicted molar refractivity (Wildman–Crippen MR) is 74.9 cm³/mol. The van der Waals surface area contributed by atoms with Crippen LogP contribution >= 0.6 is 0 Å². The van der Waals surface area contributed by atoms with E-state index in [9.17, 15) is 4.79 Å². The highest BCUT2D eigenvalue weighted by Crippen LogP contribution is 2.21. The summed E-state index contributed by atoms with van der Waals surface area (Å²) in [4.78, 5) is 20.5. The topological polar surface area (TPSA) is 76.1 Å². The van der Waals surface area contributed by atoms with E-state index in [1.165, 1.54) is 6.42 Å². The van der Waals surface area contributed by atoms with E-state index in [-0.39, 0.29) is 12.0 Å². The lowest BCUT2D eigenvalue weighted by atomic mass is 10.1. The van der Waals surface area contributed by atoms with Crippen LogP contribution in [0, 0.1) is 6.92 Å². The van der Waals surface area contributed by atoms with E-state index < -0.39 is 0 Å². The summed E-state index contributed by atoms with van der Waals surface area (Å²) in [6.07, 6.45) is 4.47. The normalized spacial score (nSPS) is 22.1. The molecule has 108 valence electrons. The minimum Gasteiger partial charge on any atom is -0.376 e. The van der Waals surface area contributed by atoms with E-state index >= 15 is 0 Å². The molecule has 0 radical (unpaired) electrons. The zero-order valence-electron chi connectivity index (χ0n) is 11.7. The number of anilines is 1. The molecule has 1 aromatic heterocycles. The highest BCUT2D eigenvalue weighted by Gasteiger charge is 2.23. The second kappa shape index (κ2) is 5.75. The quantitative estimate of drug-likeness (QED) is 0.863. The van der Waals surface area contributed by atoms with Crippen LogP contribution in [0.2, 0.25) is 0 Å². The van der Waals surface area contributed by atoms with E-state index in [0.29, 0.717) is 18.1 Å². The Bertz CT molecular complexity index is 512. The third kappa shape index (κ3) is 2.75. The van der Waals surface area contributed by atoms with Gasteiger partial charge in [0.05, 0.1) is 6.10 Å². The lowest BCUT2D eigenvalue weighted by molar-refractivity contribution is 0.0247. The van der Waals surface area contributed by atoms with Gasteiger partial charge >= 0.3 is 0 Å². The first-order chi connectivity index (χ1) is 9.74. The molecule has 1 unspecified atom stereocenters. The molecule has 2 aliphatic heterocycles. The summed E-state index contributed by atoms with van der Waals surface area (Å²) < 4.78 is 5.71. The summed E-state index contributed by atoms with van der Waals surface area (Å²) in [6, 6.07) is 0. The van der Waals surface area contributed by atoms with Gasteiger partial charge in [-0.1, -0.05) is 0 Å². The first-order valence-electron chi connectivity index (χ1n) is 7.25. The molecule has 0 aromatic carbocycles. The Morgan fingerprint density at radius 1 is 1.40 bits per heavy atom. The molecule has 1 saturated heterocycles. The number of ether oxygens (including phenoxy) is 1. The lowest BCUT2D eigenvalue weighted by Gasteiger charge is -2.24. The molecule has 20 heavy (non-hydrogen) atoms. The molecule has 0 bridgehead atoms. The van der Waals surface area contributed by atoms with Gasteiger partial charge in [-0.15, -0.1) is 0 Å². The van der Waals surface area contributed by atoms with Gasteiger partial charge in [0.25, 0.3) is 5.91 Å². The molecular weight excluding hydrogens is 256 g/mol. The van der Waals surface area contributed by atoms with Crippen molar-refractivity contribution in [2.45, 2.75) is 38.7 Å². The highest BCUT2D eigenvalue weighted by molar-refractivity contribution is 5.95. The number of carbonyl (C=O) groups is 1. The Hall–Kier alpha value is -1.69. The number of nitrogens with zero attached hydrogens (tertiary/aromatic N) is 2. The van der Waals surface area contributed by atoms with E-state index in [0.717, 1.165) is 43.8 Å². The number of amides is 1. The summed E-state index contributed by atoms with van der Waals surface area (Å²) in [6.45, 7) is 4.04. The smallest absolute Gasteiger partial charge is 0.270 e. The van der Waals surface area contributed by atoms with E-state index in [1.54, 1.807) is 0 Å². The molecule has 3 rings (SSSR count). The fraction of sp³-hybridized carbons (Fsp3) is 0.643. The van der Waals surface area contributed by atoms with Crippen molar-refractivity contribution in [3.63, 3.8) is 0 Å². The Kier molecular flexibility index (Phi) is 3.82. The van der Waals surface area contributed by atoms with Gasteiger partial charge in [-0.3, -0.25) is 4.79 Å². The molecule has 0 aliphatic carbocycles. The maximum Gasteiger partial charge on any atom is 0.270 e. The van der Waals surface area contributed by atoms with Gasteiger partial charge in [0.1, 0.15) is 17.3 Å². The Morgan fingerprint density at radius 3 is 3.10 bits per heavy atom. The number of aryl methyl sites for hydroxylation is 1. The van der Waals surface area contributed by atoms with Gasteiger partial charge in [0.15, 0.2) is 0 Å². The van der Waals surface area contributed by atoms with Crippen molar-refractivity contribution < 1.29 is 9.53 Å². The standard InChI is InChI=1S/C14H20N4O2/c1-9-17-12-11(5-6-15-14(12)19)13(18-9)16-8-10-4-2-3-7-20-10/h10H,2-8H2,1H3,(H,15,19)(H,16,17,18). The maximum absolute atomic E-state index is 11.8. The van der Waals surface area contributed by atoms with E-state index in [1.807, 2.05) is 6.92 Å². The summed E-state index contributed by atoms with van der Waals surface area (Å²) >= 11 is 0. The molecule has 1 atom stereocenters. The first-order valence-corrected chi connectivity index (χ1v) is 7.25. The average Bonchev–Trinajstić information content (AvgIpc) is 2.47. The van der Waals surface area contributed by atoms with Crippen molar-refractivity contribution in [3.8, 4) is 0 Å². The van der Waals surface area contributed by atoms with Gasteiger partial charge in [0, 0.05) is 25.3 Å². The molecule has 1 amide bonds. The van der Waals surface area contributed by atoms with Crippen LogP contribution < -0.4 is 10.6 Å². The number of nitrogens with one attached hydrogen (secondary N) is 2. The minimum atomic E-state index is -0.103. The summed E-state index contributed by atoms with van der Waals surface area (Å²) in [5.74, 6) is 1.30. The fourth-order valence-electron chi connectivity index (χ4n) is 2.73. The van der Waals surface area contributed by atoms with Crippen LogP contribution in [-0.4, -0.2) is 41.7 Å². The number of rotatable bonds is 3. The zero-order chi connectivity index (χ0) is 13.9. The molecule has 2 aliphatic rings. The lowest BCUT2D eigenvalue weighted by Crippen LogP contribution is -2.35. The van der Waals surface area contributed by atoms with Crippen LogP contribution in [-0.2, 0) is 11.2 Å². The van der Waals surface area contributed by atoms with Gasteiger partial charge < -0.3 is 15.4 Å². The maximum atomic E-state index is 11.8. The molecule has 6 heteroatoms. The predicted octanol–water partition coefficient (Wildman–Crippen LogP) is 1.05. The van der Waals surface area contributed by atoms with Crippen molar-refractivity contribution in [1.82, 2.24) is 15.3 Å². The fourth-order valence-corrected chi connectivity index (χ4v) is 2.73. The van der Waals surface area contributed by atoms with Crippen molar-refractivity contribution in [2.24, 2.45) is 0 Å². The minimum absolute atomic E-state index is 0.103. The summed E-state index contributed by atoms with van der Waals surface area (Å²) in [5, 5.41) is 6.16. The number of hydrogen-bond donors (Lipinski definition) is 2. The van der Waals surface area contributed by atoms with Crippen molar-refractivity contribution in [3.05, 3.63) is 17.1 Å². The van der Waals surface area contributed by atoms with Crippen molar-refractivity contribution in [1.29, 1.82) is 0 Å². The SMILES string of the molecule is Cc1nc(NCC2CCCCO2)c2c(n1)C(=O)NCC2. The number of aromatic nitrogens is 2. The van der Waals surface area contributed by atoms with Crippen LogP contribution in [0.1, 0.15) is 41.1 Å². The van der Waals surface area contributed by atoms with Crippen LogP contribution in [0.3, 0.4) is 0 Å². The number of carbonyl (C=O) groups excluding carboxylic acids is 1. The monoisotopic (exact) mass is 276 g/mol. The van der Waals surface area contributed by atoms with Crippen molar-refractivity contribution in [2.75, 3.05) is 25.0 Å². The molecule has 3 heterocycles. The van der Waals surface area contributed by atoms with Gasteiger partial charge in [-0.25, -0.2) is 9.97 Å². The zero-order valence-corrected chi connectivity index (χ0v) is 11.7. The van der Waals surface area contributed by atoms with Gasteiger partial charge in [-0.2, -0.15) is 0 Å². The molecule has 2 N–H and O–H groups in total. The van der Waals surface area contributed by atoms with Crippen molar-refractivity contribution >= 4 is 11.7 Å². The van der Waals surface area contributed by atoms with Gasteiger partial charge in [0.2, 0.25) is 0 Å². The molecule has 1 fully saturated rings. The first kappa shape index (κ1) is 13.3. The second-order valence-corrected chi connectivity index (χ2v) is 5.32. The number of hydrogen-bond acceptors (Lipinski definition) is 5.